The number of carbonyl (C=O) groups excluding carboxylic acids is 1. The van der Waals surface area contributed by atoms with Crippen molar-refractivity contribution in [1.82, 2.24) is 25.0 Å². The minimum absolute atomic E-state index is 0.0554. The van der Waals surface area contributed by atoms with Gasteiger partial charge in [-0.1, -0.05) is 60.2 Å². The molecule has 148 valence electrons. The van der Waals surface area contributed by atoms with Crippen LogP contribution in [-0.4, -0.2) is 30.9 Å². The van der Waals surface area contributed by atoms with E-state index < -0.39 is 0 Å². The topological polar surface area (TPSA) is 85.6 Å². The molecule has 2 aromatic heterocycles. The average molecular weight is 396 g/mol. The first-order chi connectivity index (χ1) is 14.6. The van der Waals surface area contributed by atoms with Crippen LogP contribution in [0.2, 0.25) is 0 Å². The maximum Gasteiger partial charge on any atom is 0.272 e. The van der Waals surface area contributed by atoms with Gasteiger partial charge in [0.15, 0.2) is 0 Å². The second-order valence-corrected chi connectivity index (χ2v) is 7.48. The number of amides is 1. The van der Waals surface area contributed by atoms with Gasteiger partial charge in [0.25, 0.3) is 5.95 Å². The number of aryl methyl sites for hydroxylation is 2. The zero-order valence-corrected chi connectivity index (χ0v) is 16.7. The summed E-state index contributed by atoms with van der Waals surface area (Å²) in [6.07, 6.45) is 2.01. The number of nitrogens with zero attached hydrogens (tertiary/aromatic N) is 5. The number of anilines is 1. The Hall–Kier alpha value is -3.87. The Morgan fingerprint density at radius 1 is 1.03 bits per heavy atom. The van der Waals surface area contributed by atoms with Crippen molar-refractivity contribution in [2.45, 2.75) is 26.2 Å². The molecule has 4 aromatic rings. The molecular formula is C23H20N6O. The lowest BCUT2D eigenvalue weighted by Gasteiger charge is -2.24. The Labute approximate surface area is 173 Å². The number of rotatable bonds is 3. The van der Waals surface area contributed by atoms with Gasteiger partial charge < -0.3 is 5.32 Å². The van der Waals surface area contributed by atoms with E-state index in [4.69, 9.17) is 0 Å². The average Bonchev–Trinajstić information content (AvgIpc) is 3.10. The van der Waals surface area contributed by atoms with Crippen molar-refractivity contribution in [3.05, 3.63) is 83.2 Å². The molecule has 30 heavy (non-hydrogen) atoms. The smallest absolute Gasteiger partial charge is 0.272 e. The Bertz CT molecular complexity index is 1230. The van der Waals surface area contributed by atoms with Crippen LogP contribution >= 0.6 is 0 Å². The number of fused-ring (bicyclic) bond motifs is 1. The van der Waals surface area contributed by atoms with Gasteiger partial charge in [0.05, 0.1) is 17.6 Å². The molecular weight excluding hydrogens is 376 g/mol. The summed E-state index contributed by atoms with van der Waals surface area (Å²) < 4.78 is 1.59. The number of carbonyl (C=O) groups is 1. The van der Waals surface area contributed by atoms with Gasteiger partial charge in [0, 0.05) is 23.5 Å². The Kier molecular flexibility index (Phi) is 4.35. The minimum atomic E-state index is -0.0584. The van der Waals surface area contributed by atoms with Crippen LogP contribution in [0.5, 0.6) is 0 Å². The fourth-order valence-corrected chi connectivity index (χ4v) is 3.91. The van der Waals surface area contributed by atoms with E-state index >= 15 is 0 Å². The van der Waals surface area contributed by atoms with Crippen LogP contribution in [0.15, 0.2) is 60.8 Å². The van der Waals surface area contributed by atoms with E-state index in [1.54, 1.807) is 10.9 Å². The van der Waals surface area contributed by atoms with Crippen LogP contribution in [0.3, 0.4) is 0 Å². The highest BCUT2D eigenvalue weighted by atomic mass is 16.1. The van der Waals surface area contributed by atoms with E-state index in [-0.39, 0.29) is 11.8 Å². The van der Waals surface area contributed by atoms with E-state index in [1.165, 1.54) is 5.56 Å². The van der Waals surface area contributed by atoms with Gasteiger partial charge in [-0.15, -0.1) is 5.10 Å². The van der Waals surface area contributed by atoms with Crippen molar-refractivity contribution in [2.24, 2.45) is 0 Å². The first kappa shape index (κ1) is 18.2. The molecule has 0 aliphatic carbocycles. The normalized spacial score (nSPS) is 15.5. The predicted octanol–water partition coefficient (Wildman–Crippen LogP) is 3.82. The molecule has 0 saturated heterocycles. The molecule has 0 bridgehead atoms. The maximum absolute atomic E-state index is 12.5. The maximum atomic E-state index is 12.5. The first-order valence-corrected chi connectivity index (χ1v) is 9.81. The zero-order valence-electron chi connectivity index (χ0n) is 16.7. The summed E-state index contributed by atoms with van der Waals surface area (Å²) in [7, 11) is 0. The van der Waals surface area contributed by atoms with Crippen molar-refractivity contribution in [1.29, 1.82) is 0 Å². The fourth-order valence-electron chi connectivity index (χ4n) is 3.91. The molecule has 0 saturated carbocycles. The second-order valence-electron chi connectivity index (χ2n) is 7.48. The Balaban J connectivity index is 1.61. The van der Waals surface area contributed by atoms with Crippen molar-refractivity contribution < 1.29 is 4.79 Å². The molecule has 0 unspecified atom stereocenters. The number of nitrogens with one attached hydrogen (secondary N) is 1. The summed E-state index contributed by atoms with van der Waals surface area (Å²) in [6.45, 7) is 3.98. The van der Waals surface area contributed by atoms with Crippen molar-refractivity contribution >= 4 is 11.7 Å². The van der Waals surface area contributed by atoms with Gasteiger partial charge in [-0.2, -0.15) is 14.9 Å². The van der Waals surface area contributed by atoms with E-state index in [0.717, 1.165) is 22.4 Å². The van der Waals surface area contributed by atoms with Gasteiger partial charge in [-0.25, -0.2) is 4.98 Å². The van der Waals surface area contributed by atoms with Crippen LogP contribution in [0.1, 0.15) is 34.7 Å². The molecule has 0 radical (unpaired) electrons. The number of benzene rings is 2. The summed E-state index contributed by atoms with van der Waals surface area (Å²) in [5, 5.41) is 15.9. The largest absolute Gasteiger partial charge is 0.310 e. The second kappa shape index (κ2) is 7.18. The lowest BCUT2D eigenvalue weighted by Crippen LogP contribution is -2.25. The highest BCUT2D eigenvalue weighted by Gasteiger charge is 2.33. The van der Waals surface area contributed by atoms with Gasteiger partial charge in [0.2, 0.25) is 5.91 Å². The molecule has 1 amide bonds. The molecule has 1 N–H and O–H groups in total. The minimum Gasteiger partial charge on any atom is -0.310 e. The third-order valence-electron chi connectivity index (χ3n) is 5.39. The van der Waals surface area contributed by atoms with Crippen LogP contribution in [-0.2, 0) is 4.79 Å². The van der Waals surface area contributed by atoms with Crippen LogP contribution in [0, 0.1) is 13.8 Å². The number of hydrogen-bond donors (Lipinski definition) is 1. The lowest BCUT2D eigenvalue weighted by molar-refractivity contribution is -0.116. The number of hydrogen-bond acceptors (Lipinski definition) is 5. The summed E-state index contributed by atoms with van der Waals surface area (Å²) in [4.78, 5) is 17.2. The highest BCUT2D eigenvalue weighted by molar-refractivity contribution is 5.95. The Morgan fingerprint density at radius 3 is 2.57 bits per heavy atom. The summed E-state index contributed by atoms with van der Waals surface area (Å²) >= 11 is 0. The van der Waals surface area contributed by atoms with E-state index in [2.05, 4.69) is 25.6 Å². The van der Waals surface area contributed by atoms with Crippen LogP contribution < -0.4 is 5.32 Å². The van der Waals surface area contributed by atoms with Crippen molar-refractivity contribution in [3.63, 3.8) is 0 Å². The van der Waals surface area contributed by atoms with Crippen LogP contribution in [0.25, 0.3) is 17.2 Å². The molecule has 2 aromatic carbocycles. The van der Waals surface area contributed by atoms with Gasteiger partial charge in [-0.05, 0) is 19.4 Å². The monoisotopic (exact) mass is 396 g/mol. The third kappa shape index (κ3) is 3.14. The Morgan fingerprint density at radius 2 is 1.80 bits per heavy atom. The van der Waals surface area contributed by atoms with E-state index in [0.29, 0.717) is 23.9 Å². The highest BCUT2D eigenvalue weighted by Crippen LogP contribution is 2.39. The lowest BCUT2D eigenvalue weighted by atomic mass is 9.86. The molecule has 1 aliphatic rings. The third-order valence-corrected chi connectivity index (χ3v) is 5.39. The van der Waals surface area contributed by atoms with Gasteiger partial charge in [-0.3, -0.25) is 4.79 Å². The molecule has 3 heterocycles. The predicted molar refractivity (Wildman–Crippen MR) is 113 cm³/mol. The molecule has 0 fully saturated rings. The standard InChI is InChI=1S/C23H20N6O/c1-14-8-10-17(11-9-14)19-13-24-27-23(25-19)29-22-21(15(2)28-29)18(12-20(30)26-22)16-6-4-3-5-7-16/h3-11,13,18H,12H2,1-2H3,(H,26,30)/t18-/m0/s1. The molecule has 1 aliphatic heterocycles. The molecule has 7 nitrogen and oxygen atoms in total. The van der Waals surface area contributed by atoms with E-state index in [9.17, 15) is 4.79 Å². The summed E-state index contributed by atoms with van der Waals surface area (Å²) in [5.74, 6) is 0.823. The molecule has 1 atom stereocenters. The van der Waals surface area contributed by atoms with Gasteiger partial charge >= 0.3 is 0 Å². The van der Waals surface area contributed by atoms with Crippen molar-refractivity contribution in [2.75, 3.05) is 5.32 Å². The fraction of sp³-hybridized carbons (Fsp3) is 0.174. The molecule has 0 spiro atoms. The first-order valence-electron chi connectivity index (χ1n) is 9.81. The van der Waals surface area contributed by atoms with E-state index in [1.807, 2.05) is 68.4 Å². The van der Waals surface area contributed by atoms with Crippen LogP contribution in [0.4, 0.5) is 5.82 Å². The summed E-state index contributed by atoms with van der Waals surface area (Å²) in [5.41, 5.74) is 5.73. The van der Waals surface area contributed by atoms with Gasteiger partial charge in [0.1, 0.15) is 5.82 Å². The number of aromatic nitrogens is 5. The summed E-state index contributed by atoms with van der Waals surface area (Å²) in [6, 6.07) is 18.1. The molecule has 7 heteroatoms. The zero-order chi connectivity index (χ0) is 20.7. The SMILES string of the molecule is Cc1ccc(-c2cnnc(-n3nc(C)c4c3NC(=O)C[C@H]4c3ccccc3)n2)cc1. The van der Waals surface area contributed by atoms with Crippen molar-refractivity contribution in [3.8, 4) is 17.2 Å². The molecule has 5 rings (SSSR count). The quantitative estimate of drug-likeness (QED) is 0.569.